The van der Waals surface area contributed by atoms with E-state index in [-0.39, 0.29) is 12.2 Å². The fraction of sp³-hybridized carbons (Fsp3) is 0.278. The molecule has 6 nitrogen and oxygen atoms in total. The number of rotatable bonds is 7. The number of carboxylic acid groups (broad SMARTS) is 1. The first-order valence-electron chi connectivity index (χ1n) is 7.76. The van der Waals surface area contributed by atoms with E-state index >= 15 is 0 Å². The standard InChI is InChI=1S/C18H21N3O3/c1-3-21(10-11-22)16-8-9-17(13(2)12-16)20-19-15-6-4-14(5-7-15)18(23)24/h4-9,12,22H,3,10-11H2,1-2H3,(H,23,24). The van der Waals surface area contributed by atoms with Gasteiger partial charge in [-0.3, -0.25) is 0 Å². The first-order chi connectivity index (χ1) is 11.5. The molecule has 0 fully saturated rings. The van der Waals surface area contributed by atoms with Gasteiger partial charge in [0.1, 0.15) is 0 Å². The summed E-state index contributed by atoms with van der Waals surface area (Å²) in [4.78, 5) is 12.9. The molecule has 0 amide bonds. The highest BCUT2D eigenvalue weighted by atomic mass is 16.4. The molecule has 0 aliphatic rings. The zero-order valence-corrected chi connectivity index (χ0v) is 13.8. The Morgan fingerprint density at radius 2 is 1.83 bits per heavy atom. The molecule has 0 saturated carbocycles. The lowest BCUT2D eigenvalue weighted by atomic mass is 10.1. The molecule has 0 unspecified atom stereocenters. The summed E-state index contributed by atoms with van der Waals surface area (Å²) in [6.45, 7) is 5.52. The highest BCUT2D eigenvalue weighted by Crippen LogP contribution is 2.26. The largest absolute Gasteiger partial charge is 0.478 e. The number of aromatic carboxylic acids is 1. The van der Waals surface area contributed by atoms with Crippen molar-refractivity contribution in [2.75, 3.05) is 24.6 Å². The smallest absolute Gasteiger partial charge is 0.335 e. The lowest BCUT2D eigenvalue weighted by molar-refractivity contribution is 0.0697. The van der Waals surface area contributed by atoms with Crippen molar-refractivity contribution in [2.45, 2.75) is 13.8 Å². The fourth-order valence-corrected chi connectivity index (χ4v) is 2.32. The minimum absolute atomic E-state index is 0.112. The van der Waals surface area contributed by atoms with Crippen LogP contribution in [0.1, 0.15) is 22.8 Å². The summed E-state index contributed by atoms with van der Waals surface area (Å²) in [5.74, 6) is -0.965. The van der Waals surface area contributed by atoms with Gasteiger partial charge in [-0.2, -0.15) is 10.2 Å². The van der Waals surface area contributed by atoms with E-state index in [0.717, 1.165) is 23.5 Å². The quantitative estimate of drug-likeness (QED) is 0.755. The molecule has 0 aliphatic heterocycles. The van der Waals surface area contributed by atoms with Crippen molar-refractivity contribution in [3.05, 3.63) is 53.6 Å². The molecule has 6 heteroatoms. The molecule has 0 spiro atoms. The van der Waals surface area contributed by atoms with Gasteiger partial charge in [0.15, 0.2) is 0 Å². The zero-order valence-electron chi connectivity index (χ0n) is 13.8. The van der Waals surface area contributed by atoms with Gasteiger partial charge in [0.2, 0.25) is 0 Å². The summed E-state index contributed by atoms with van der Waals surface area (Å²) in [7, 11) is 0. The van der Waals surface area contributed by atoms with Crippen molar-refractivity contribution >= 4 is 23.0 Å². The number of hydrogen-bond acceptors (Lipinski definition) is 5. The SMILES string of the molecule is CCN(CCO)c1ccc(N=Nc2ccc(C(=O)O)cc2)c(C)c1. The number of likely N-dealkylation sites (N-methyl/N-ethyl adjacent to an activating group) is 1. The molecule has 126 valence electrons. The summed E-state index contributed by atoms with van der Waals surface area (Å²) < 4.78 is 0. The summed E-state index contributed by atoms with van der Waals surface area (Å²) in [6.07, 6.45) is 0. The van der Waals surface area contributed by atoms with Crippen LogP contribution in [0.25, 0.3) is 0 Å². The highest BCUT2D eigenvalue weighted by molar-refractivity contribution is 5.87. The lowest BCUT2D eigenvalue weighted by Gasteiger charge is -2.22. The van der Waals surface area contributed by atoms with E-state index in [1.807, 2.05) is 32.0 Å². The number of carboxylic acids is 1. The number of hydrogen-bond donors (Lipinski definition) is 2. The Morgan fingerprint density at radius 1 is 1.12 bits per heavy atom. The van der Waals surface area contributed by atoms with Crippen molar-refractivity contribution in [2.24, 2.45) is 10.2 Å². The molecular formula is C18H21N3O3. The number of aliphatic hydroxyl groups excluding tert-OH is 1. The van der Waals surface area contributed by atoms with Gasteiger partial charge in [-0.15, -0.1) is 0 Å². The summed E-state index contributed by atoms with van der Waals surface area (Å²) in [5, 5.41) is 26.4. The van der Waals surface area contributed by atoms with Gasteiger partial charge in [0, 0.05) is 18.8 Å². The molecule has 2 N–H and O–H groups in total. The lowest BCUT2D eigenvalue weighted by Crippen LogP contribution is -2.26. The van der Waals surface area contributed by atoms with E-state index in [1.54, 1.807) is 12.1 Å². The molecule has 2 aromatic rings. The Bertz CT molecular complexity index is 727. The van der Waals surface area contributed by atoms with E-state index < -0.39 is 5.97 Å². The van der Waals surface area contributed by atoms with Crippen LogP contribution in [0.15, 0.2) is 52.7 Å². The Hall–Kier alpha value is -2.73. The molecule has 0 aliphatic carbocycles. The molecular weight excluding hydrogens is 306 g/mol. The Kier molecular flexibility index (Phi) is 6.03. The molecule has 2 rings (SSSR count). The predicted molar refractivity (Wildman–Crippen MR) is 93.7 cm³/mol. The van der Waals surface area contributed by atoms with Crippen molar-refractivity contribution in [3.63, 3.8) is 0 Å². The van der Waals surface area contributed by atoms with E-state index in [9.17, 15) is 4.79 Å². The Morgan fingerprint density at radius 3 is 2.38 bits per heavy atom. The van der Waals surface area contributed by atoms with Crippen molar-refractivity contribution < 1.29 is 15.0 Å². The van der Waals surface area contributed by atoms with Crippen molar-refractivity contribution in [1.82, 2.24) is 0 Å². The van der Waals surface area contributed by atoms with Crippen LogP contribution in [0.5, 0.6) is 0 Å². The fourth-order valence-electron chi connectivity index (χ4n) is 2.32. The molecule has 2 aromatic carbocycles. The van der Waals surface area contributed by atoms with Gasteiger partial charge >= 0.3 is 5.97 Å². The molecule has 0 saturated heterocycles. The number of benzene rings is 2. The summed E-state index contributed by atoms with van der Waals surface area (Å²) in [5.41, 5.74) is 3.58. The van der Waals surface area contributed by atoms with Crippen molar-refractivity contribution in [1.29, 1.82) is 0 Å². The van der Waals surface area contributed by atoms with Crippen LogP contribution >= 0.6 is 0 Å². The number of carbonyl (C=O) groups is 1. The molecule has 24 heavy (non-hydrogen) atoms. The van der Waals surface area contributed by atoms with Crippen LogP contribution in [0, 0.1) is 6.92 Å². The maximum atomic E-state index is 10.8. The molecule has 0 heterocycles. The van der Waals surface area contributed by atoms with Gasteiger partial charge < -0.3 is 15.1 Å². The Balaban J connectivity index is 2.16. The number of aliphatic hydroxyl groups is 1. The van der Waals surface area contributed by atoms with Crippen LogP contribution in [0.2, 0.25) is 0 Å². The van der Waals surface area contributed by atoms with Gasteiger partial charge in [0.25, 0.3) is 0 Å². The van der Waals surface area contributed by atoms with Gasteiger partial charge in [-0.05, 0) is 61.9 Å². The maximum Gasteiger partial charge on any atom is 0.335 e. The van der Waals surface area contributed by atoms with Crippen LogP contribution in [0.3, 0.4) is 0 Å². The first kappa shape index (κ1) is 17.6. The van der Waals surface area contributed by atoms with Gasteiger partial charge in [0.05, 0.1) is 23.5 Å². The third kappa shape index (κ3) is 4.39. The number of aryl methyl sites for hydroxylation is 1. The number of nitrogens with zero attached hydrogens (tertiary/aromatic N) is 3. The monoisotopic (exact) mass is 327 g/mol. The minimum Gasteiger partial charge on any atom is -0.478 e. The normalized spacial score (nSPS) is 11.0. The van der Waals surface area contributed by atoms with E-state index in [1.165, 1.54) is 12.1 Å². The predicted octanol–water partition coefficient (Wildman–Crippen LogP) is 3.93. The topological polar surface area (TPSA) is 85.5 Å². The number of azo groups is 1. The second kappa shape index (κ2) is 8.21. The molecule has 0 aromatic heterocycles. The second-order valence-electron chi connectivity index (χ2n) is 5.33. The van der Waals surface area contributed by atoms with E-state index in [4.69, 9.17) is 10.2 Å². The minimum atomic E-state index is -0.965. The third-order valence-corrected chi connectivity index (χ3v) is 3.68. The van der Waals surface area contributed by atoms with Crippen molar-refractivity contribution in [3.8, 4) is 0 Å². The molecule has 0 radical (unpaired) electrons. The van der Waals surface area contributed by atoms with Crippen LogP contribution in [-0.4, -0.2) is 35.9 Å². The zero-order chi connectivity index (χ0) is 17.5. The molecule has 0 bridgehead atoms. The number of anilines is 1. The molecule has 0 atom stereocenters. The van der Waals surface area contributed by atoms with Gasteiger partial charge in [-0.1, -0.05) is 0 Å². The third-order valence-electron chi connectivity index (χ3n) is 3.68. The van der Waals surface area contributed by atoms with Crippen LogP contribution in [-0.2, 0) is 0 Å². The summed E-state index contributed by atoms with van der Waals surface area (Å²) in [6, 6.07) is 12.1. The van der Waals surface area contributed by atoms with Crippen LogP contribution < -0.4 is 4.90 Å². The van der Waals surface area contributed by atoms with Gasteiger partial charge in [-0.25, -0.2) is 4.79 Å². The highest BCUT2D eigenvalue weighted by Gasteiger charge is 2.06. The first-order valence-corrected chi connectivity index (χ1v) is 7.76. The van der Waals surface area contributed by atoms with E-state index in [0.29, 0.717) is 12.2 Å². The van der Waals surface area contributed by atoms with Crippen LogP contribution in [0.4, 0.5) is 17.1 Å². The average Bonchev–Trinajstić information content (AvgIpc) is 2.59. The maximum absolute atomic E-state index is 10.8. The van der Waals surface area contributed by atoms with E-state index in [2.05, 4.69) is 15.1 Å². The Labute approximate surface area is 141 Å². The summed E-state index contributed by atoms with van der Waals surface area (Å²) >= 11 is 0. The average molecular weight is 327 g/mol. The second-order valence-corrected chi connectivity index (χ2v) is 5.33.